The van der Waals surface area contributed by atoms with Crippen molar-refractivity contribution in [3.05, 3.63) is 65.7 Å². The van der Waals surface area contributed by atoms with E-state index in [-0.39, 0.29) is 24.0 Å². The van der Waals surface area contributed by atoms with E-state index in [1.807, 2.05) is 24.3 Å². The monoisotopic (exact) mass is 345 g/mol. The molecule has 24 heavy (non-hydrogen) atoms. The van der Waals surface area contributed by atoms with Gasteiger partial charge in [0, 0.05) is 17.9 Å². The van der Waals surface area contributed by atoms with Gasteiger partial charge in [0.1, 0.15) is 0 Å². The van der Waals surface area contributed by atoms with E-state index in [2.05, 4.69) is 6.92 Å². The van der Waals surface area contributed by atoms with Gasteiger partial charge in [0.25, 0.3) is 0 Å². The fourth-order valence-corrected chi connectivity index (χ4v) is 6.13. The minimum absolute atomic E-state index is 0.139. The van der Waals surface area contributed by atoms with Gasteiger partial charge >= 0.3 is 0 Å². The van der Waals surface area contributed by atoms with Crippen LogP contribution in [0.3, 0.4) is 0 Å². The van der Waals surface area contributed by atoms with Gasteiger partial charge < -0.3 is 10.8 Å². The third kappa shape index (κ3) is 2.57. The maximum Gasteiger partial charge on any atom is 0.182 e. The number of rotatable bonds is 6. The average Bonchev–Trinajstić information content (AvgIpc) is 3.33. The van der Waals surface area contributed by atoms with Crippen molar-refractivity contribution in [1.29, 1.82) is 0 Å². The second kappa shape index (κ2) is 6.31. The molecule has 2 aromatic carbocycles. The molecule has 3 atom stereocenters. The van der Waals surface area contributed by atoms with Crippen molar-refractivity contribution in [2.24, 2.45) is 11.1 Å². The summed E-state index contributed by atoms with van der Waals surface area (Å²) < 4.78 is 26.1. The van der Waals surface area contributed by atoms with E-state index >= 15 is 0 Å². The summed E-state index contributed by atoms with van der Waals surface area (Å²) in [5, 5.41) is 9.24. The van der Waals surface area contributed by atoms with E-state index < -0.39 is 20.5 Å². The van der Waals surface area contributed by atoms with Crippen LogP contribution in [0.15, 0.2) is 59.5 Å². The molecule has 0 unspecified atom stereocenters. The van der Waals surface area contributed by atoms with Crippen molar-refractivity contribution in [2.45, 2.75) is 29.4 Å². The Hall–Kier alpha value is -1.69. The molecule has 0 aromatic heterocycles. The fourth-order valence-electron chi connectivity index (χ4n) is 3.66. The van der Waals surface area contributed by atoms with Crippen molar-refractivity contribution in [3.63, 3.8) is 0 Å². The molecule has 0 saturated heterocycles. The molecule has 5 heteroatoms. The third-order valence-corrected chi connectivity index (χ3v) is 7.55. The van der Waals surface area contributed by atoms with E-state index in [9.17, 15) is 13.5 Å². The number of aliphatic hydroxyl groups excluding tert-OH is 1. The highest BCUT2D eigenvalue weighted by atomic mass is 32.2. The molecule has 0 heterocycles. The topological polar surface area (TPSA) is 80.4 Å². The fraction of sp³-hybridized carbons (Fsp3) is 0.368. The molecule has 1 aliphatic carbocycles. The molecule has 128 valence electrons. The summed E-state index contributed by atoms with van der Waals surface area (Å²) in [6, 6.07) is 16.4. The Kier molecular flexibility index (Phi) is 4.51. The van der Waals surface area contributed by atoms with E-state index in [0.29, 0.717) is 0 Å². The summed E-state index contributed by atoms with van der Waals surface area (Å²) in [5.74, 6) is -0.274. The molecule has 0 aliphatic heterocycles. The Morgan fingerprint density at radius 2 is 1.71 bits per heavy atom. The van der Waals surface area contributed by atoms with Crippen LogP contribution in [0.5, 0.6) is 0 Å². The highest BCUT2D eigenvalue weighted by Gasteiger charge is 2.70. The smallest absolute Gasteiger partial charge is 0.182 e. The van der Waals surface area contributed by atoms with Gasteiger partial charge in [-0.1, -0.05) is 49.4 Å². The lowest BCUT2D eigenvalue weighted by atomic mass is 9.99. The number of aliphatic hydroxyl groups is 1. The van der Waals surface area contributed by atoms with E-state index in [0.717, 1.165) is 12.0 Å². The summed E-state index contributed by atoms with van der Waals surface area (Å²) in [7, 11) is -3.55. The molecule has 1 fully saturated rings. The summed E-state index contributed by atoms with van der Waals surface area (Å²) >= 11 is 0. The maximum absolute atomic E-state index is 13.1. The lowest BCUT2D eigenvalue weighted by Crippen LogP contribution is -2.27. The van der Waals surface area contributed by atoms with Crippen LogP contribution in [-0.2, 0) is 16.3 Å². The average molecular weight is 345 g/mol. The van der Waals surface area contributed by atoms with Crippen molar-refractivity contribution in [3.8, 4) is 0 Å². The first kappa shape index (κ1) is 17.1. The van der Waals surface area contributed by atoms with E-state index in [4.69, 9.17) is 5.73 Å². The Balaban J connectivity index is 2.02. The van der Waals surface area contributed by atoms with Crippen molar-refractivity contribution >= 4 is 9.84 Å². The highest BCUT2D eigenvalue weighted by Crippen LogP contribution is 2.63. The van der Waals surface area contributed by atoms with Gasteiger partial charge in [-0.3, -0.25) is 0 Å². The third-order valence-electron chi connectivity index (χ3n) is 5.21. The molecule has 0 amide bonds. The first-order chi connectivity index (χ1) is 11.5. The molecule has 3 N–H and O–H groups in total. The first-order valence-corrected chi connectivity index (χ1v) is 9.74. The van der Waals surface area contributed by atoms with Gasteiger partial charge in [-0.15, -0.1) is 0 Å². The van der Waals surface area contributed by atoms with Crippen molar-refractivity contribution < 1.29 is 13.5 Å². The van der Waals surface area contributed by atoms with Crippen LogP contribution >= 0.6 is 0 Å². The molecule has 1 aliphatic rings. The van der Waals surface area contributed by atoms with Gasteiger partial charge in [0.05, 0.1) is 16.8 Å². The summed E-state index contributed by atoms with van der Waals surface area (Å²) in [4.78, 5) is 0.286. The molecular formula is C19H23NO3S. The zero-order chi connectivity index (χ0) is 17.4. The number of benzene rings is 2. The molecule has 3 rings (SSSR count). The Labute approximate surface area is 143 Å². The van der Waals surface area contributed by atoms with Crippen LogP contribution in [0.1, 0.15) is 24.0 Å². The number of nitrogens with two attached hydrogens (primary N) is 1. The number of aryl methyl sites for hydroxylation is 1. The zero-order valence-corrected chi connectivity index (χ0v) is 14.5. The SMILES string of the molecule is CCc1ccc([C@H]2[C@H](S(=O)(=O)c3ccccc3)[C@@]2(CN)CO)cc1. The van der Waals surface area contributed by atoms with E-state index in [1.54, 1.807) is 30.3 Å². The second-order valence-corrected chi connectivity index (χ2v) is 8.52. The number of sulfone groups is 1. The van der Waals surface area contributed by atoms with Crippen LogP contribution in [0.4, 0.5) is 0 Å². The molecule has 0 spiro atoms. The normalized spacial score (nSPS) is 26.3. The van der Waals surface area contributed by atoms with Gasteiger partial charge in [0.15, 0.2) is 9.84 Å². The Morgan fingerprint density at radius 3 is 2.21 bits per heavy atom. The second-order valence-electron chi connectivity index (χ2n) is 6.45. The van der Waals surface area contributed by atoms with Crippen LogP contribution in [0, 0.1) is 5.41 Å². The summed E-state index contributed by atoms with van der Waals surface area (Å²) in [6.07, 6.45) is 0.929. The standard InChI is InChI=1S/C19H23NO3S/c1-2-14-8-10-15(11-9-14)17-18(19(17,12-20)13-21)24(22,23)16-6-4-3-5-7-16/h3-11,17-18,21H,2,12-13,20H2,1H3/t17-,18-,19-/m0/s1. The Morgan fingerprint density at radius 1 is 1.08 bits per heavy atom. The predicted molar refractivity (Wildman–Crippen MR) is 94.6 cm³/mol. The lowest BCUT2D eigenvalue weighted by molar-refractivity contribution is 0.212. The molecule has 0 radical (unpaired) electrons. The lowest BCUT2D eigenvalue weighted by Gasteiger charge is -2.12. The number of hydrogen-bond donors (Lipinski definition) is 2. The molecule has 0 bridgehead atoms. The van der Waals surface area contributed by atoms with Gasteiger partial charge in [0.2, 0.25) is 0 Å². The zero-order valence-electron chi connectivity index (χ0n) is 13.7. The van der Waals surface area contributed by atoms with Crippen LogP contribution in [-0.4, -0.2) is 31.9 Å². The molecule has 2 aromatic rings. The largest absolute Gasteiger partial charge is 0.396 e. The van der Waals surface area contributed by atoms with Crippen LogP contribution in [0.2, 0.25) is 0 Å². The Bertz CT molecular complexity index is 796. The van der Waals surface area contributed by atoms with Gasteiger partial charge in [-0.05, 0) is 29.7 Å². The van der Waals surface area contributed by atoms with E-state index in [1.165, 1.54) is 5.56 Å². The van der Waals surface area contributed by atoms with Crippen molar-refractivity contribution in [2.75, 3.05) is 13.2 Å². The highest BCUT2D eigenvalue weighted by molar-refractivity contribution is 7.92. The predicted octanol–water partition coefficient (Wildman–Crippen LogP) is 2.13. The quantitative estimate of drug-likeness (QED) is 0.840. The van der Waals surface area contributed by atoms with Crippen molar-refractivity contribution in [1.82, 2.24) is 0 Å². The molecule has 1 saturated carbocycles. The van der Waals surface area contributed by atoms with Gasteiger partial charge in [-0.2, -0.15) is 0 Å². The van der Waals surface area contributed by atoms with Crippen LogP contribution < -0.4 is 5.73 Å². The maximum atomic E-state index is 13.1. The minimum atomic E-state index is -3.55. The number of hydrogen-bond acceptors (Lipinski definition) is 4. The van der Waals surface area contributed by atoms with Crippen LogP contribution in [0.25, 0.3) is 0 Å². The summed E-state index contributed by atoms with van der Waals surface area (Å²) in [6.45, 7) is 1.98. The first-order valence-electron chi connectivity index (χ1n) is 8.20. The summed E-state index contributed by atoms with van der Waals surface area (Å²) in [5.41, 5.74) is 7.23. The minimum Gasteiger partial charge on any atom is -0.396 e. The molecule has 4 nitrogen and oxygen atoms in total. The molecular weight excluding hydrogens is 322 g/mol. The van der Waals surface area contributed by atoms with Gasteiger partial charge in [-0.25, -0.2) is 8.42 Å².